The fourth-order valence-electron chi connectivity index (χ4n) is 2.69. The molecule has 0 saturated carbocycles. The van der Waals surface area contributed by atoms with Crippen LogP contribution in [0.1, 0.15) is 24.1 Å². The van der Waals surface area contributed by atoms with Crippen LogP contribution in [0.2, 0.25) is 0 Å². The largest absolute Gasteiger partial charge is 0.486 e. The number of benzene rings is 2. The zero-order valence-corrected chi connectivity index (χ0v) is 14.9. The van der Waals surface area contributed by atoms with Gasteiger partial charge in [-0.2, -0.15) is 0 Å². The van der Waals surface area contributed by atoms with E-state index in [1.54, 1.807) is 0 Å². The number of amides is 1. The molecule has 0 aromatic heterocycles. The number of hydrogen-bond donors (Lipinski definition) is 2. The van der Waals surface area contributed by atoms with Crippen molar-refractivity contribution in [3.63, 3.8) is 0 Å². The van der Waals surface area contributed by atoms with Crippen molar-refractivity contribution in [3.8, 4) is 11.5 Å². The second kappa shape index (κ2) is 8.74. The van der Waals surface area contributed by atoms with Crippen molar-refractivity contribution in [2.24, 2.45) is 5.73 Å². The average molecular weight is 363 g/mol. The lowest BCUT2D eigenvalue weighted by Gasteiger charge is -2.22. The Morgan fingerprint density at radius 1 is 1.12 bits per heavy atom. The van der Waals surface area contributed by atoms with Crippen LogP contribution in [0.15, 0.2) is 48.5 Å². The minimum absolute atomic E-state index is 0. The van der Waals surface area contributed by atoms with Gasteiger partial charge >= 0.3 is 0 Å². The molecule has 134 valence electrons. The van der Waals surface area contributed by atoms with E-state index in [4.69, 9.17) is 15.2 Å². The van der Waals surface area contributed by atoms with Crippen LogP contribution in [0.5, 0.6) is 11.5 Å². The van der Waals surface area contributed by atoms with E-state index in [1.165, 1.54) is 0 Å². The molecule has 2 aromatic rings. The number of fused-ring (bicyclic) bond motifs is 1. The van der Waals surface area contributed by atoms with Gasteiger partial charge in [-0.05, 0) is 36.6 Å². The molecule has 0 radical (unpaired) electrons. The summed E-state index contributed by atoms with van der Waals surface area (Å²) in [5.74, 6) is 1.29. The van der Waals surface area contributed by atoms with Gasteiger partial charge in [-0.15, -0.1) is 12.4 Å². The van der Waals surface area contributed by atoms with Crippen molar-refractivity contribution in [2.75, 3.05) is 13.2 Å². The monoisotopic (exact) mass is 362 g/mol. The average Bonchev–Trinajstić information content (AvgIpc) is 2.62. The minimum Gasteiger partial charge on any atom is -0.486 e. The van der Waals surface area contributed by atoms with E-state index < -0.39 is 6.04 Å². The Balaban J connectivity index is 0.00000225. The highest BCUT2D eigenvalue weighted by atomic mass is 35.5. The number of halogens is 1. The van der Waals surface area contributed by atoms with Crippen molar-refractivity contribution < 1.29 is 14.3 Å². The first-order valence-corrected chi connectivity index (χ1v) is 8.13. The third kappa shape index (κ3) is 4.87. The third-order valence-electron chi connectivity index (χ3n) is 4.06. The van der Waals surface area contributed by atoms with Crippen LogP contribution in [0.3, 0.4) is 0 Å². The smallest absolute Gasteiger partial charge is 0.237 e. The fourth-order valence-corrected chi connectivity index (χ4v) is 2.69. The number of nitrogens with one attached hydrogen (secondary N) is 1. The van der Waals surface area contributed by atoms with E-state index in [-0.39, 0.29) is 24.4 Å². The standard InChI is InChI=1S/C19H22N2O3.ClH/c1-13(15-7-8-17-18(12-15)24-10-9-23-17)21-19(22)16(20)11-14-5-3-2-4-6-14;/h2-8,12-13,16H,9-11,20H2,1H3,(H,21,22);1H/t13?,16-;/m0./s1. The molecule has 25 heavy (non-hydrogen) atoms. The first-order chi connectivity index (χ1) is 11.6. The summed E-state index contributed by atoms with van der Waals surface area (Å²) in [7, 11) is 0. The van der Waals surface area contributed by atoms with Crippen molar-refractivity contribution in [1.82, 2.24) is 5.32 Å². The van der Waals surface area contributed by atoms with Gasteiger partial charge in [0.2, 0.25) is 5.91 Å². The van der Waals surface area contributed by atoms with Crippen LogP contribution in [-0.2, 0) is 11.2 Å². The number of ether oxygens (including phenoxy) is 2. The number of carbonyl (C=O) groups is 1. The molecule has 1 heterocycles. The first-order valence-electron chi connectivity index (χ1n) is 8.13. The maximum absolute atomic E-state index is 12.3. The Morgan fingerprint density at radius 2 is 1.80 bits per heavy atom. The van der Waals surface area contributed by atoms with Gasteiger partial charge in [0.1, 0.15) is 13.2 Å². The summed E-state index contributed by atoms with van der Waals surface area (Å²) in [6.07, 6.45) is 0.514. The number of nitrogens with two attached hydrogens (primary N) is 1. The molecule has 1 aliphatic rings. The van der Waals surface area contributed by atoms with E-state index in [1.807, 2.05) is 55.5 Å². The van der Waals surface area contributed by atoms with Crippen molar-refractivity contribution in [1.29, 1.82) is 0 Å². The first kappa shape index (κ1) is 19.1. The number of carbonyl (C=O) groups excluding carboxylic acids is 1. The molecule has 1 aliphatic heterocycles. The third-order valence-corrected chi connectivity index (χ3v) is 4.06. The Kier molecular flexibility index (Phi) is 6.67. The van der Waals surface area contributed by atoms with Gasteiger partial charge in [-0.1, -0.05) is 36.4 Å². The minimum atomic E-state index is -0.577. The topological polar surface area (TPSA) is 73.6 Å². The molecule has 0 bridgehead atoms. The van der Waals surface area contributed by atoms with Crippen LogP contribution < -0.4 is 20.5 Å². The SMILES string of the molecule is CC(NC(=O)[C@@H](N)Cc1ccccc1)c1ccc2c(c1)OCCO2.Cl. The highest BCUT2D eigenvalue weighted by Gasteiger charge is 2.19. The molecule has 6 heteroatoms. The molecule has 3 N–H and O–H groups in total. The lowest BCUT2D eigenvalue weighted by atomic mass is 10.0. The summed E-state index contributed by atoms with van der Waals surface area (Å²) in [5.41, 5.74) is 8.04. The van der Waals surface area contributed by atoms with Gasteiger partial charge < -0.3 is 20.5 Å². The number of hydrogen-bond acceptors (Lipinski definition) is 4. The van der Waals surface area contributed by atoms with Crippen LogP contribution in [-0.4, -0.2) is 25.2 Å². The second-order valence-corrected chi connectivity index (χ2v) is 5.93. The van der Waals surface area contributed by atoms with Crippen LogP contribution in [0, 0.1) is 0 Å². The lowest BCUT2D eigenvalue weighted by Crippen LogP contribution is -2.42. The normalized spacial score (nSPS) is 14.8. The Morgan fingerprint density at radius 3 is 2.52 bits per heavy atom. The predicted octanol–water partition coefficient (Wildman–Crippen LogP) is 2.63. The molecule has 3 rings (SSSR count). The molecule has 5 nitrogen and oxygen atoms in total. The van der Waals surface area contributed by atoms with Gasteiger partial charge in [0.15, 0.2) is 11.5 Å². The predicted molar refractivity (Wildman–Crippen MR) is 99.4 cm³/mol. The molecule has 1 amide bonds. The van der Waals surface area contributed by atoms with Crippen molar-refractivity contribution in [2.45, 2.75) is 25.4 Å². The molecule has 0 fully saturated rings. The van der Waals surface area contributed by atoms with Gasteiger partial charge in [0, 0.05) is 0 Å². The molecule has 0 aliphatic carbocycles. The van der Waals surface area contributed by atoms with E-state index >= 15 is 0 Å². The highest BCUT2D eigenvalue weighted by molar-refractivity contribution is 5.85. The maximum atomic E-state index is 12.3. The quantitative estimate of drug-likeness (QED) is 0.857. The molecular formula is C19H23ClN2O3. The summed E-state index contributed by atoms with van der Waals surface area (Å²) in [5, 5.41) is 2.96. The summed E-state index contributed by atoms with van der Waals surface area (Å²) >= 11 is 0. The van der Waals surface area contributed by atoms with Gasteiger partial charge in [-0.25, -0.2) is 0 Å². The second-order valence-electron chi connectivity index (χ2n) is 5.93. The van der Waals surface area contributed by atoms with E-state index in [0.29, 0.717) is 25.4 Å². The lowest BCUT2D eigenvalue weighted by molar-refractivity contribution is -0.123. The Labute approximate surface area is 153 Å². The van der Waals surface area contributed by atoms with E-state index in [2.05, 4.69) is 5.32 Å². The zero-order valence-electron chi connectivity index (χ0n) is 14.1. The van der Waals surface area contributed by atoms with Crippen LogP contribution >= 0.6 is 12.4 Å². The maximum Gasteiger partial charge on any atom is 0.237 e. The molecule has 0 spiro atoms. The summed E-state index contributed by atoms with van der Waals surface area (Å²) in [6, 6.07) is 14.7. The Hall–Kier alpha value is -2.24. The molecule has 0 saturated heterocycles. The van der Waals surface area contributed by atoms with Gasteiger partial charge in [-0.3, -0.25) is 4.79 Å². The van der Waals surface area contributed by atoms with Crippen molar-refractivity contribution in [3.05, 3.63) is 59.7 Å². The summed E-state index contributed by atoms with van der Waals surface area (Å²) < 4.78 is 11.1. The van der Waals surface area contributed by atoms with Crippen molar-refractivity contribution >= 4 is 18.3 Å². The fraction of sp³-hybridized carbons (Fsp3) is 0.316. The van der Waals surface area contributed by atoms with E-state index in [9.17, 15) is 4.79 Å². The van der Waals surface area contributed by atoms with Crippen LogP contribution in [0.25, 0.3) is 0 Å². The Bertz CT molecular complexity index is 709. The molecule has 2 atom stereocenters. The molecular weight excluding hydrogens is 340 g/mol. The zero-order chi connectivity index (χ0) is 16.9. The van der Waals surface area contributed by atoms with E-state index in [0.717, 1.165) is 16.9 Å². The van der Waals surface area contributed by atoms with Gasteiger partial charge in [0.05, 0.1) is 12.1 Å². The van der Waals surface area contributed by atoms with Crippen LogP contribution in [0.4, 0.5) is 0 Å². The highest BCUT2D eigenvalue weighted by Crippen LogP contribution is 2.32. The van der Waals surface area contributed by atoms with Gasteiger partial charge in [0.25, 0.3) is 0 Å². The molecule has 1 unspecified atom stereocenters. The summed E-state index contributed by atoms with van der Waals surface area (Å²) in [6.45, 7) is 3.03. The summed E-state index contributed by atoms with van der Waals surface area (Å²) in [4.78, 5) is 12.3. The molecule has 2 aromatic carbocycles. The number of rotatable bonds is 5.